The van der Waals surface area contributed by atoms with Crippen LogP contribution >= 0.6 is 0 Å². The summed E-state index contributed by atoms with van der Waals surface area (Å²) in [6, 6.07) is 2.47. The summed E-state index contributed by atoms with van der Waals surface area (Å²) < 4.78 is 31.2. The van der Waals surface area contributed by atoms with Gasteiger partial charge in [0.15, 0.2) is 0 Å². The first-order valence-corrected chi connectivity index (χ1v) is 4.29. The molecule has 0 amide bonds. The van der Waals surface area contributed by atoms with E-state index in [4.69, 9.17) is 4.74 Å². The van der Waals surface area contributed by atoms with E-state index in [0.717, 1.165) is 12.8 Å². The van der Waals surface area contributed by atoms with Crippen LogP contribution in [0.5, 0.6) is 5.75 Å². The van der Waals surface area contributed by atoms with Crippen molar-refractivity contribution in [1.29, 1.82) is 0 Å². The van der Waals surface area contributed by atoms with Crippen LogP contribution in [0.15, 0.2) is 12.1 Å². The molecule has 1 fully saturated rings. The highest BCUT2D eigenvalue weighted by atomic mass is 19.1. The van der Waals surface area contributed by atoms with Crippen molar-refractivity contribution in [3.63, 3.8) is 0 Å². The van der Waals surface area contributed by atoms with Gasteiger partial charge >= 0.3 is 0 Å². The standard InChI is InChI=1S/C10H10F2O/c1-6-9(11)4-8(5-10(6)12)13-7-2-3-7/h4-5,7H,2-3H2,1H3. The minimum atomic E-state index is -0.546. The quantitative estimate of drug-likeness (QED) is 0.686. The lowest BCUT2D eigenvalue weighted by molar-refractivity contribution is 0.299. The van der Waals surface area contributed by atoms with Gasteiger partial charge in [-0.3, -0.25) is 0 Å². The van der Waals surface area contributed by atoms with Crippen LogP contribution in [0, 0.1) is 18.6 Å². The molecule has 2 rings (SSSR count). The van der Waals surface area contributed by atoms with E-state index >= 15 is 0 Å². The maximum atomic E-state index is 13.0. The Balaban J connectivity index is 2.25. The Morgan fingerprint density at radius 3 is 2.23 bits per heavy atom. The molecule has 0 N–H and O–H groups in total. The molecule has 1 aromatic carbocycles. The fourth-order valence-electron chi connectivity index (χ4n) is 1.07. The summed E-state index contributed by atoms with van der Waals surface area (Å²) in [5, 5.41) is 0. The highest BCUT2D eigenvalue weighted by Crippen LogP contribution is 2.28. The Bertz CT molecular complexity index is 309. The number of benzene rings is 1. The molecule has 70 valence electrons. The van der Waals surface area contributed by atoms with Gasteiger partial charge in [0, 0.05) is 17.7 Å². The first kappa shape index (κ1) is 8.48. The smallest absolute Gasteiger partial charge is 0.132 e. The van der Waals surface area contributed by atoms with E-state index < -0.39 is 11.6 Å². The van der Waals surface area contributed by atoms with E-state index in [2.05, 4.69) is 0 Å². The zero-order valence-corrected chi connectivity index (χ0v) is 7.31. The first-order valence-electron chi connectivity index (χ1n) is 4.29. The number of rotatable bonds is 2. The van der Waals surface area contributed by atoms with Gasteiger partial charge in [0.1, 0.15) is 17.4 Å². The molecule has 0 bridgehead atoms. The Hall–Kier alpha value is -1.12. The molecule has 1 aliphatic rings. The minimum Gasteiger partial charge on any atom is -0.490 e. The molecule has 0 aliphatic heterocycles. The molecule has 0 saturated heterocycles. The second-order valence-corrected chi connectivity index (χ2v) is 3.33. The molecular weight excluding hydrogens is 174 g/mol. The van der Waals surface area contributed by atoms with Crippen molar-refractivity contribution in [3.05, 3.63) is 29.3 Å². The Labute approximate surface area is 75.3 Å². The van der Waals surface area contributed by atoms with Gasteiger partial charge in [-0.2, -0.15) is 0 Å². The van der Waals surface area contributed by atoms with Crippen LogP contribution in [0.3, 0.4) is 0 Å². The molecule has 0 aromatic heterocycles. The molecule has 1 aliphatic carbocycles. The SMILES string of the molecule is Cc1c(F)cc(OC2CC2)cc1F. The van der Waals surface area contributed by atoms with Gasteiger partial charge < -0.3 is 4.74 Å². The lowest BCUT2D eigenvalue weighted by Gasteiger charge is -2.06. The third-order valence-corrected chi connectivity index (χ3v) is 2.08. The van der Waals surface area contributed by atoms with E-state index in [1.807, 2.05) is 0 Å². The van der Waals surface area contributed by atoms with E-state index in [-0.39, 0.29) is 11.7 Å². The molecule has 1 nitrogen and oxygen atoms in total. The van der Waals surface area contributed by atoms with Gasteiger partial charge in [-0.1, -0.05) is 0 Å². The number of hydrogen-bond donors (Lipinski definition) is 0. The van der Waals surface area contributed by atoms with Crippen molar-refractivity contribution >= 4 is 0 Å². The molecule has 1 aromatic rings. The van der Waals surface area contributed by atoms with Crippen molar-refractivity contribution in [2.24, 2.45) is 0 Å². The predicted octanol–water partition coefficient (Wildman–Crippen LogP) is 2.81. The Kier molecular flexibility index (Phi) is 1.94. The first-order chi connectivity index (χ1) is 6.16. The van der Waals surface area contributed by atoms with Gasteiger partial charge in [0.2, 0.25) is 0 Å². The average molecular weight is 184 g/mol. The zero-order valence-electron chi connectivity index (χ0n) is 7.31. The molecule has 13 heavy (non-hydrogen) atoms. The third-order valence-electron chi connectivity index (χ3n) is 2.08. The van der Waals surface area contributed by atoms with E-state index in [9.17, 15) is 8.78 Å². The molecule has 0 atom stereocenters. The monoisotopic (exact) mass is 184 g/mol. The normalized spacial score (nSPS) is 15.9. The summed E-state index contributed by atoms with van der Waals surface area (Å²) in [5.41, 5.74) is 0.0446. The highest BCUT2D eigenvalue weighted by Gasteiger charge is 2.24. The number of ether oxygens (including phenoxy) is 1. The molecule has 3 heteroatoms. The lowest BCUT2D eigenvalue weighted by atomic mass is 10.2. The van der Waals surface area contributed by atoms with Gasteiger partial charge in [-0.25, -0.2) is 8.78 Å². The van der Waals surface area contributed by atoms with Crippen molar-refractivity contribution in [2.45, 2.75) is 25.9 Å². The minimum absolute atomic E-state index is 0.0446. The van der Waals surface area contributed by atoms with Gasteiger partial charge in [-0.05, 0) is 19.8 Å². The summed E-state index contributed by atoms with van der Waals surface area (Å²) in [5.74, 6) is -0.797. The van der Waals surface area contributed by atoms with Crippen LogP contribution in [0.4, 0.5) is 8.78 Å². The van der Waals surface area contributed by atoms with Crippen LogP contribution in [-0.4, -0.2) is 6.10 Å². The summed E-state index contributed by atoms with van der Waals surface area (Å²) in [6.07, 6.45) is 2.13. The second kappa shape index (κ2) is 2.98. The van der Waals surface area contributed by atoms with Gasteiger partial charge in [0.05, 0.1) is 6.10 Å². The molecular formula is C10H10F2O. The maximum absolute atomic E-state index is 13.0. The number of halogens is 2. The highest BCUT2D eigenvalue weighted by molar-refractivity contribution is 5.30. The summed E-state index contributed by atoms with van der Waals surface area (Å²) >= 11 is 0. The molecule has 0 radical (unpaired) electrons. The van der Waals surface area contributed by atoms with Gasteiger partial charge in [-0.15, -0.1) is 0 Å². The second-order valence-electron chi connectivity index (χ2n) is 3.33. The average Bonchev–Trinajstić information content (AvgIpc) is 2.84. The summed E-state index contributed by atoms with van der Waals surface area (Å²) in [4.78, 5) is 0. The van der Waals surface area contributed by atoms with Crippen LogP contribution < -0.4 is 4.74 Å². The summed E-state index contributed by atoms with van der Waals surface area (Å²) in [6.45, 7) is 1.41. The van der Waals surface area contributed by atoms with Crippen molar-refractivity contribution in [3.8, 4) is 5.75 Å². The molecule has 0 spiro atoms. The third kappa shape index (κ3) is 1.79. The fraction of sp³-hybridized carbons (Fsp3) is 0.400. The zero-order chi connectivity index (χ0) is 9.42. The van der Waals surface area contributed by atoms with Crippen LogP contribution in [0.1, 0.15) is 18.4 Å². The van der Waals surface area contributed by atoms with Crippen LogP contribution in [0.25, 0.3) is 0 Å². The Morgan fingerprint density at radius 1 is 1.23 bits per heavy atom. The fourth-order valence-corrected chi connectivity index (χ4v) is 1.07. The summed E-state index contributed by atoms with van der Waals surface area (Å²) in [7, 11) is 0. The van der Waals surface area contributed by atoms with Crippen LogP contribution in [-0.2, 0) is 0 Å². The lowest BCUT2D eigenvalue weighted by Crippen LogP contribution is -1.98. The van der Waals surface area contributed by atoms with E-state index in [0.29, 0.717) is 5.75 Å². The van der Waals surface area contributed by atoms with E-state index in [1.54, 1.807) is 0 Å². The maximum Gasteiger partial charge on any atom is 0.132 e. The largest absolute Gasteiger partial charge is 0.490 e. The van der Waals surface area contributed by atoms with Crippen LogP contribution in [0.2, 0.25) is 0 Å². The topological polar surface area (TPSA) is 9.23 Å². The molecule has 0 heterocycles. The van der Waals surface area contributed by atoms with Crippen molar-refractivity contribution in [2.75, 3.05) is 0 Å². The van der Waals surface area contributed by atoms with E-state index in [1.165, 1.54) is 19.1 Å². The number of hydrogen-bond acceptors (Lipinski definition) is 1. The molecule has 0 unspecified atom stereocenters. The Morgan fingerprint density at radius 2 is 1.77 bits per heavy atom. The van der Waals surface area contributed by atoms with Crippen molar-refractivity contribution in [1.82, 2.24) is 0 Å². The molecule has 1 saturated carbocycles. The predicted molar refractivity (Wildman–Crippen MR) is 44.7 cm³/mol. The van der Waals surface area contributed by atoms with Crippen molar-refractivity contribution < 1.29 is 13.5 Å². The van der Waals surface area contributed by atoms with Gasteiger partial charge in [0.25, 0.3) is 0 Å².